The number of rotatable bonds is 5. The summed E-state index contributed by atoms with van der Waals surface area (Å²) in [6, 6.07) is 6.56. The molecule has 0 spiro atoms. The van der Waals surface area contributed by atoms with E-state index in [1.54, 1.807) is 24.3 Å². The molecule has 19 heavy (non-hydrogen) atoms. The molecule has 0 aliphatic carbocycles. The van der Waals surface area contributed by atoms with Crippen LogP contribution < -0.4 is 4.74 Å². The number of aliphatic carboxylic acids is 1. The number of benzene rings is 1. The van der Waals surface area contributed by atoms with Gasteiger partial charge in [-0.3, -0.25) is 4.79 Å². The van der Waals surface area contributed by atoms with Crippen LogP contribution in [-0.2, 0) is 14.3 Å². The van der Waals surface area contributed by atoms with Crippen LogP contribution in [0, 0.1) is 0 Å². The number of ether oxygens (including phenoxy) is 2. The number of hydrogen-bond donors (Lipinski definition) is 1. The first-order valence-electron chi connectivity index (χ1n) is 5.52. The van der Waals surface area contributed by atoms with Crippen molar-refractivity contribution in [2.24, 2.45) is 0 Å². The lowest BCUT2D eigenvalue weighted by Crippen LogP contribution is -2.43. The van der Waals surface area contributed by atoms with Gasteiger partial charge in [0.05, 0.1) is 7.11 Å². The molecule has 1 N–H and O–H groups in total. The smallest absolute Gasteiger partial charge is 0.349 e. The summed E-state index contributed by atoms with van der Waals surface area (Å²) in [6.07, 6.45) is 0. The molecule has 0 unspecified atom stereocenters. The van der Waals surface area contributed by atoms with Crippen molar-refractivity contribution < 1.29 is 24.2 Å². The highest BCUT2D eigenvalue weighted by Crippen LogP contribution is 2.36. The van der Waals surface area contributed by atoms with E-state index in [0.29, 0.717) is 11.3 Å². The summed E-state index contributed by atoms with van der Waals surface area (Å²) < 4.78 is 9.87. The second-order valence-electron chi connectivity index (χ2n) is 4.14. The lowest BCUT2D eigenvalue weighted by molar-refractivity contribution is -0.175. The second-order valence-corrected chi connectivity index (χ2v) is 4.58. The summed E-state index contributed by atoms with van der Waals surface area (Å²) in [5.41, 5.74) is -1.31. The number of carboxylic acids is 1. The van der Waals surface area contributed by atoms with Crippen LogP contribution in [0.1, 0.15) is 24.8 Å². The lowest BCUT2D eigenvalue weighted by Gasteiger charge is -2.29. The number of carboxylic acid groups (broad SMARTS) is 1. The molecule has 5 nitrogen and oxygen atoms in total. The predicted molar refractivity (Wildman–Crippen MR) is 69.4 cm³/mol. The maximum absolute atomic E-state index is 11.3. The van der Waals surface area contributed by atoms with Gasteiger partial charge in [0.25, 0.3) is 0 Å². The highest BCUT2D eigenvalue weighted by Gasteiger charge is 2.45. The van der Waals surface area contributed by atoms with E-state index in [-0.39, 0.29) is 0 Å². The summed E-state index contributed by atoms with van der Waals surface area (Å²) in [5, 5.41) is 8.21. The zero-order chi connectivity index (χ0) is 14.6. The third kappa shape index (κ3) is 3.38. The fourth-order valence-corrected chi connectivity index (χ4v) is 1.88. The van der Waals surface area contributed by atoms with Gasteiger partial charge in [0.15, 0.2) is 0 Å². The van der Waals surface area contributed by atoms with Gasteiger partial charge in [-0.15, -0.1) is 11.6 Å². The molecule has 104 valence electrons. The van der Waals surface area contributed by atoms with Crippen LogP contribution in [0.4, 0.5) is 0 Å². The quantitative estimate of drug-likeness (QED) is 0.664. The molecule has 0 amide bonds. The number of carbonyl (C=O) groups excluding carboxylic acids is 1. The summed E-state index contributed by atoms with van der Waals surface area (Å²) in [4.78, 5) is 22.3. The van der Waals surface area contributed by atoms with Crippen LogP contribution in [0.3, 0.4) is 0 Å². The number of methoxy groups -OCH3 is 1. The summed E-state index contributed by atoms with van der Waals surface area (Å²) in [6.45, 7) is 2.40. The third-order valence-electron chi connectivity index (χ3n) is 2.67. The predicted octanol–water partition coefficient (Wildman–Crippen LogP) is 2.38. The van der Waals surface area contributed by atoms with E-state index in [4.69, 9.17) is 21.1 Å². The second kappa shape index (κ2) is 5.93. The Balaban J connectivity index is 3.08. The van der Waals surface area contributed by atoms with E-state index in [2.05, 4.69) is 0 Å². The molecule has 0 radical (unpaired) electrons. The molecular formula is C13H15ClO5. The van der Waals surface area contributed by atoms with Gasteiger partial charge in [-0.2, -0.15) is 0 Å². The lowest BCUT2D eigenvalue weighted by atomic mass is 9.95. The van der Waals surface area contributed by atoms with E-state index >= 15 is 0 Å². The molecule has 0 aliphatic rings. The topological polar surface area (TPSA) is 72.8 Å². The minimum atomic E-state index is -1.83. The SMILES string of the molecule is COc1ccc([C@@H](Cl)[C@@](C)(OC(C)=O)C(=O)O)cc1. The molecule has 2 atom stereocenters. The number of hydrogen-bond acceptors (Lipinski definition) is 4. The largest absolute Gasteiger partial charge is 0.497 e. The maximum Gasteiger partial charge on any atom is 0.349 e. The Morgan fingerprint density at radius 2 is 1.84 bits per heavy atom. The Labute approximate surface area is 116 Å². The van der Waals surface area contributed by atoms with Gasteiger partial charge < -0.3 is 14.6 Å². The van der Waals surface area contributed by atoms with Crippen molar-refractivity contribution in [2.45, 2.75) is 24.8 Å². The maximum atomic E-state index is 11.3. The molecule has 0 heterocycles. The molecule has 0 saturated carbocycles. The molecule has 1 rings (SSSR count). The van der Waals surface area contributed by atoms with Crippen LogP contribution >= 0.6 is 11.6 Å². The molecule has 0 saturated heterocycles. The Kier molecular flexibility index (Phi) is 4.78. The fraction of sp³-hybridized carbons (Fsp3) is 0.385. The Bertz CT molecular complexity index is 470. The van der Waals surface area contributed by atoms with Crippen LogP contribution in [0.5, 0.6) is 5.75 Å². The Morgan fingerprint density at radius 3 is 2.21 bits per heavy atom. The molecule has 1 aromatic rings. The molecule has 0 fully saturated rings. The van der Waals surface area contributed by atoms with E-state index < -0.39 is 22.9 Å². The van der Waals surface area contributed by atoms with Crippen LogP contribution in [0.15, 0.2) is 24.3 Å². The van der Waals surface area contributed by atoms with Crippen molar-refractivity contribution in [3.63, 3.8) is 0 Å². The zero-order valence-corrected chi connectivity index (χ0v) is 11.6. The number of esters is 1. The van der Waals surface area contributed by atoms with Crippen LogP contribution in [-0.4, -0.2) is 29.8 Å². The van der Waals surface area contributed by atoms with E-state index in [1.807, 2.05) is 0 Å². The first-order valence-corrected chi connectivity index (χ1v) is 5.96. The standard InChI is InChI=1S/C13H15ClO5/c1-8(15)19-13(2,12(16)17)11(14)9-4-6-10(18-3)7-5-9/h4-7,11H,1-3H3,(H,16,17)/t11-,13-/m1/s1. The van der Waals surface area contributed by atoms with E-state index in [0.717, 1.165) is 6.92 Å². The Hall–Kier alpha value is -1.75. The monoisotopic (exact) mass is 286 g/mol. The van der Waals surface area contributed by atoms with E-state index in [1.165, 1.54) is 14.0 Å². The molecular weight excluding hydrogens is 272 g/mol. The van der Waals surface area contributed by atoms with Gasteiger partial charge in [-0.05, 0) is 24.6 Å². The number of carbonyl (C=O) groups is 2. The van der Waals surface area contributed by atoms with Gasteiger partial charge in [-0.25, -0.2) is 4.79 Å². The van der Waals surface area contributed by atoms with Gasteiger partial charge in [0, 0.05) is 6.92 Å². The first-order chi connectivity index (χ1) is 8.81. The molecule has 0 bridgehead atoms. The minimum absolute atomic E-state index is 0.522. The van der Waals surface area contributed by atoms with E-state index in [9.17, 15) is 14.7 Å². The normalized spacial score (nSPS) is 15.2. The number of halogens is 1. The van der Waals surface area contributed by atoms with Crippen molar-refractivity contribution in [1.29, 1.82) is 0 Å². The van der Waals surface area contributed by atoms with Crippen LogP contribution in [0.25, 0.3) is 0 Å². The molecule has 1 aromatic carbocycles. The van der Waals surface area contributed by atoms with Crippen molar-refractivity contribution in [3.05, 3.63) is 29.8 Å². The van der Waals surface area contributed by atoms with Gasteiger partial charge in [0.1, 0.15) is 11.1 Å². The third-order valence-corrected chi connectivity index (χ3v) is 3.34. The zero-order valence-electron chi connectivity index (χ0n) is 10.8. The highest BCUT2D eigenvalue weighted by molar-refractivity contribution is 6.23. The summed E-state index contributed by atoms with van der Waals surface area (Å²) in [5.74, 6) is -1.39. The highest BCUT2D eigenvalue weighted by atomic mass is 35.5. The average Bonchev–Trinajstić information content (AvgIpc) is 2.36. The minimum Gasteiger partial charge on any atom is -0.497 e. The fourth-order valence-electron chi connectivity index (χ4n) is 1.59. The van der Waals surface area contributed by atoms with Crippen molar-refractivity contribution in [2.75, 3.05) is 7.11 Å². The van der Waals surface area contributed by atoms with Crippen LogP contribution in [0.2, 0.25) is 0 Å². The van der Waals surface area contributed by atoms with Crippen molar-refractivity contribution in [1.82, 2.24) is 0 Å². The Morgan fingerprint density at radius 1 is 1.32 bits per heavy atom. The average molecular weight is 287 g/mol. The van der Waals surface area contributed by atoms with Gasteiger partial charge in [0.2, 0.25) is 5.60 Å². The molecule has 0 aromatic heterocycles. The molecule has 0 aliphatic heterocycles. The summed E-state index contributed by atoms with van der Waals surface area (Å²) in [7, 11) is 1.52. The van der Waals surface area contributed by atoms with Crippen molar-refractivity contribution >= 4 is 23.5 Å². The van der Waals surface area contributed by atoms with Gasteiger partial charge >= 0.3 is 11.9 Å². The summed E-state index contributed by atoms with van der Waals surface area (Å²) >= 11 is 6.15. The van der Waals surface area contributed by atoms with Gasteiger partial charge in [-0.1, -0.05) is 12.1 Å². The first kappa shape index (κ1) is 15.3. The van der Waals surface area contributed by atoms with Crippen molar-refractivity contribution in [3.8, 4) is 5.75 Å². The number of alkyl halides is 1. The molecule has 6 heteroatoms.